The van der Waals surface area contributed by atoms with Crippen LogP contribution in [0.1, 0.15) is 86.5 Å². The van der Waals surface area contributed by atoms with E-state index in [0.29, 0.717) is 39.6 Å². The molecule has 7 aromatic carbocycles. The van der Waals surface area contributed by atoms with Crippen molar-refractivity contribution in [3.8, 4) is 34.5 Å². The molecule has 0 radical (unpaired) electrons. The zero-order valence-corrected chi connectivity index (χ0v) is 32.0. The summed E-state index contributed by atoms with van der Waals surface area (Å²) >= 11 is 0. The van der Waals surface area contributed by atoms with E-state index < -0.39 is 0 Å². The number of fused-ring (bicyclic) bond motifs is 15. The molecule has 6 nitrogen and oxygen atoms in total. The SMILES string of the molecule is c1ccc2c(c1)c1c(c3ccccc32)OCc2c(c3c4c(c2OCCCCCCCCCCCCO3)COc2c(c3ccccc3c3ccccc23)OC4)CO1. The second-order valence-corrected chi connectivity index (χ2v) is 15.5. The normalized spacial score (nSPS) is 16.6. The quantitative estimate of drug-likeness (QED) is 0.144. The van der Waals surface area contributed by atoms with Gasteiger partial charge in [0.25, 0.3) is 0 Å². The molecule has 0 atom stereocenters. The maximum absolute atomic E-state index is 6.96. The lowest BCUT2D eigenvalue weighted by molar-refractivity contribution is 0.204. The Balaban J connectivity index is 1.14. The van der Waals surface area contributed by atoms with Gasteiger partial charge in [-0.05, 0) is 34.4 Å². The third-order valence-electron chi connectivity index (χ3n) is 12.0. The first-order chi connectivity index (χ1) is 27.8. The van der Waals surface area contributed by atoms with E-state index in [4.69, 9.17) is 28.4 Å². The van der Waals surface area contributed by atoms with Crippen molar-refractivity contribution in [2.24, 2.45) is 0 Å². The van der Waals surface area contributed by atoms with Gasteiger partial charge >= 0.3 is 0 Å². The Morgan fingerprint density at radius 2 is 0.464 bits per heavy atom. The van der Waals surface area contributed by atoms with Crippen molar-refractivity contribution in [2.75, 3.05) is 13.2 Å². The molecule has 0 saturated heterocycles. The summed E-state index contributed by atoms with van der Waals surface area (Å²) in [5.74, 6) is 4.63. The fourth-order valence-corrected chi connectivity index (χ4v) is 9.14. The molecule has 3 heterocycles. The van der Waals surface area contributed by atoms with Crippen LogP contribution in [0, 0.1) is 0 Å². The van der Waals surface area contributed by atoms with Crippen molar-refractivity contribution in [1.82, 2.24) is 0 Å². The minimum atomic E-state index is 0.304. The van der Waals surface area contributed by atoms with Gasteiger partial charge in [-0.25, -0.2) is 0 Å². The molecule has 7 aromatic rings. The number of rotatable bonds is 0. The van der Waals surface area contributed by atoms with Crippen LogP contribution in [0.3, 0.4) is 0 Å². The van der Waals surface area contributed by atoms with Gasteiger partial charge in [-0.15, -0.1) is 0 Å². The molecule has 3 aliphatic rings. The minimum Gasteiger partial charge on any atom is -0.493 e. The molecule has 0 N–H and O–H groups in total. The van der Waals surface area contributed by atoms with E-state index in [2.05, 4.69) is 97.1 Å². The van der Waals surface area contributed by atoms with E-state index in [1.165, 1.54) is 38.5 Å². The topological polar surface area (TPSA) is 55.4 Å². The summed E-state index contributed by atoms with van der Waals surface area (Å²) in [7, 11) is 0. The Bertz CT molecular complexity index is 2240. The average molecular weight is 745 g/mol. The molecule has 0 aromatic heterocycles. The molecular formula is C50H48O6. The lowest BCUT2D eigenvalue weighted by Gasteiger charge is -2.30. The zero-order chi connectivity index (χ0) is 37.3. The highest BCUT2D eigenvalue weighted by Gasteiger charge is 2.32. The summed E-state index contributed by atoms with van der Waals surface area (Å²) in [6, 6.07) is 33.8. The molecule has 0 spiro atoms. The highest BCUT2D eigenvalue weighted by molar-refractivity contribution is 6.14. The van der Waals surface area contributed by atoms with E-state index in [1.807, 2.05) is 0 Å². The van der Waals surface area contributed by atoms with E-state index in [-0.39, 0.29) is 0 Å². The fraction of sp³-hybridized carbons (Fsp3) is 0.320. The molecule has 10 rings (SSSR count). The van der Waals surface area contributed by atoms with Crippen molar-refractivity contribution in [2.45, 2.75) is 90.6 Å². The Labute approximate surface area is 328 Å². The van der Waals surface area contributed by atoms with Crippen LogP contribution in [-0.2, 0) is 26.4 Å². The van der Waals surface area contributed by atoms with Crippen LogP contribution in [0.2, 0.25) is 0 Å². The van der Waals surface area contributed by atoms with Crippen LogP contribution in [0.25, 0.3) is 43.1 Å². The van der Waals surface area contributed by atoms with Gasteiger partial charge in [0.2, 0.25) is 0 Å². The van der Waals surface area contributed by atoms with E-state index in [9.17, 15) is 0 Å². The molecule has 0 aliphatic carbocycles. The van der Waals surface area contributed by atoms with Gasteiger partial charge in [-0.2, -0.15) is 0 Å². The molecule has 0 fully saturated rings. The van der Waals surface area contributed by atoms with Gasteiger partial charge in [-0.3, -0.25) is 0 Å². The summed E-state index contributed by atoms with van der Waals surface area (Å²) in [4.78, 5) is 0. The second-order valence-electron chi connectivity index (χ2n) is 15.5. The summed E-state index contributed by atoms with van der Waals surface area (Å²) in [6.45, 7) is 2.43. The van der Waals surface area contributed by atoms with Gasteiger partial charge < -0.3 is 28.4 Å². The van der Waals surface area contributed by atoms with Gasteiger partial charge in [0.15, 0.2) is 23.0 Å². The van der Waals surface area contributed by atoms with Crippen LogP contribution in [-0.4, -0.2) is 13.2 Å². The molecular weight excluding hydrogens is 697 g/mol. The van der Waals surface area contributed by atoms with Crippen LogP contribution >= 0.6 is 0 Å². The third kappa shape index (κ3) is 6.29. The van der Waals surface area contributed by atoms with E-state index in [0.717, 1.165) is 126 Å². The molecule has 0 unspecified atom stereocenters. The lowest BCUT2D eigenvalue weighted by atomic mass is 9.94. The molecule has 284 valence electrons. The Kier molecular flexibility index (Phi) is 9.64. The first-order valence-corrected chi connectivity index (χ1v) is 20.7. The molecule has 56 heavy (non-hydrogen) atoms. The lowest BCUT2D eigenvalue weighted by Crippen LogP contribution is -2.20. The van der Waals surface area contributed by atoms with Crippen molar-refractivity contribution < 1.29 is 28.4 Å². The standard InChI is InChI=1S/C50H48O6/c1-2-4-6-8-18-28-52-46-43-31-55-49-39-25-15-11-21-35(39)33-19-9-13-23-37(33)47(49)53-29-41(43)45(51-27-17-7-5-3-1)42-30-54-48-38-24-14-10-20-34(38)36-22-12-16-26-40(36)50(48)56-32-44(42)46/h9-16,19-26H,1-8,17-18,27-32H2. The van der Waals surface area contributed by atoms with Crippen LogP contribution in [0.5, 0.6) is 34.5 Å². The molecule has 2 bridgehead atoms. The first-order valence-electron chi connectivity index (χ1n) is 20.7. The molecule has 6 heteroatoms. The fourth-order valence-electron chi connectivity index (χ4n) is 9.14. The van der Waals surface area contributed by atoms with E-state index in [1.54, 1.807) is 0 Å². The number of hydrogen-bond acceptors (Lipinski definition) is 6. The maximum Gasteiger partial charge on any atom is 0.170 e. The Morgan fingerprint density at radius 3 is 0.732 bits per heavy atom. The van der Waals surface area contributed by atoms with Crippen LogP contribution in [0.4, 0.5) is 0 Å². The minimum absolute atomic E-state index is 0.304. The van der Waals surface area contributed by atoms with Gasteiger partial charge in [-0.1, -0.05) is 148 Å². The van der Waals surface area contributed by atoms with Crippen LogP contribution < -0.4 is 28.4 Å². The predicted molar refractivity (Wildman–Crippen MR) is 224 cm³/mol. The number of benzene rings is 7. The predicted octanol–water partition coefficient (Wildman–Crippen LogP) is 12.9. The summed E-state index contributed by atoms with van der Waals surface area (Å²) < 4.78 is 41.8. The molecule has 0 saturated carbocycles. The Hall–Kier alpha value is -5.62. The molecule has 3 aliphatic heterocycles. The summed E-state index contributed by atoms with van der Waals surface area (Å²) in [5, 5.41) is 8.69. The van der Waals surface area contributed by atoms with Gasteiger partial charge in [0.05, 0.1) is 13.2 Å². The smallest absolute Gasteiger partial charge is 0.170 e. The van der Waals surface area contributed by atoms with Crippen molar-refractivity contribution in [1.29, 1.82) is 0 Å². The summed E-state index contributed by atoms with van der Waals surface area (Å²) in [6.07, 6.45) is 11.9. The summed E-state index contributed by atoms with van der Waals surface area (Å²) in [5.41, 5.74) is 3.82. The number of hydrogen-bond donors (Lipinski definition) is 0. The largest absolute Gasteiger partial charge is 0.493 e. The Morgan fingerprint density at radius 1 is 0.232 bits per heavy atom. The maximum atomic E-state index is 6.96. The third-order valence-corrected chi connectivity index (χ3v) is 12.0. The second kappa shape index (κ2) is 15.5. The van der Waals surface area contributed by atoms with E-state index >= 15 is 0 Å². The van der Waals surface area contributed by atoms with Gasteiger partial charge in [0.1, 0.15) is 37.9 Å². The average Bonchev–Trinajstić information content (AvgIpc) is 3.22. The van der Waals surface area contributed by atoms with Gasteiger partial charge in [0, 0.05) is 43.8 Å². The van der Waals surface area contributed by atoms with Crippen LogP contribution in [0.15, 0.2) is 97.1 Å². The highest BCUT2D eigenvalue weighted by atomic mass is 16.5. The monoisotopic (exact) mass is 744 g/mol. The first kappa shape index (κ1) is 34.8. The molecule has 0 amide bonds. The zero-order valence-electron chi connectivity index (χ0n) is 32.0. The van der Waals surface area contributed by atoms with Crippen molar-refractivity contribution >= 4 is 43.1 Å². The highest BCUT2D eigenvalue weighted by Crippen LogP contribution is 2.51. The van der Waals surface area contributed by atoms with Crippen molar-refractivity contribution in [3.05, 3.63) is 119 Å². The van der Waals surface area contributed by atoms with Crippen molar-refractivity contribution in [3.63, 3.8) is 0 Å². The number of ether oxygens (including phenoxy) is 6.